The molecule has 3 fully saturated rings. The molecule has 1 saturated heterocycles. The quantitative estimate of drug-likeness (QED) is 0.450. The van der Waals surface area contributed by atoms with Gasteiger partial charge < -0.3 is 9.47 Å². The highest BCUT2D eigenvalue weighted by atomic mass is 16.7. The van der Waals surface area contributed by atoms with Crippen molar-refractivity contribution in [2.45, 2.75) is 37.4 Å². The summed E-state index contributed by atoms with van der Waals surface area (Å²) in [7, 11) is 1.44. The van der Waals surface area contributed by atoms with E-state index in [2.05, 4.69) is 0 Å². The van der Waals surface area contributed by atoms with Gasteiger partial charge in [-0.05, 0) is 31.1 Å². The van der Waals surface area contributed by atoms with E-state index < -0.39 is 0 Å². The van der Waals surface area contributed by atoms with E-state index in [4.69, 9.17) is 9.47 Å². The second-order valence-electron chi connectivity index (χ2n) is 4.47. The number of fused-ring (bicyclic) bond motifs is 2. The molecule has 3 aliphatic rings. The van der Waals surface area contributed by atoms with Crippen molar-refractivity contribution in [3.63, 3.8) is 0 Å². The summed E-state index contributed by atoms with van der Waals surface area (Å²) < 4.78 is 10.3. The Morgan fingerprint density at radius 1 is 1.62 bits per heavy atom. The monoisotopic (exact) mass is 182 g/mol. The van der Waals surface area contributed by atoms with Crippen LogP contribution in [0.2, 0.25) is 0 Å². The van der Waals surface area contributed by atoms with Gasteiger partial charge in [-0.3, -0.25) is 0 Å². The molecular weight excluding hydrogens is 168 g/mol. The maximum atomic E-state index is 11.3. The Hall–Kier alpha value is -0.570. The van der Waals surface area contributed by atoms with E-state index in [-0.39, 0.29) is 17.7 Å². The van der Waals surface area contributed by atoms with Crippen molar-refractivity contribution in [3.8, 4) is 0 Å². The van der Waals surface area contributed by atoms with Gasteiger partial charge >= 0.3 is 5.97 Å². The average molecular weight is 182 g/mol. The molecule has 72 valence electrons. The number of ether oxygens (including phenoxy) is 2. The lowest BCUT2D eigenvalue weighted by atomic mass is 9.86. The van der Waals surface area contributed by atoms with Crippen LogP contribution in [0.25, 0.3) is 0 Å². The molecular formula is C10H14O3. The molecule has 4 unspecified atom stereocenters. The molecule has 0 aromatic rings. The third-order valence-corrected chi connectivity index (χ3v) is 3.83. The topological polar surface area (TPSA) is 38.8 Å². The second kappa shape index (κ2) is 2.27. The summed E-state index contributed by atoms with van der Waals surface area (Å²) >= 11 is 0. The van der Waals surface area contributed by atoms with E-state index in [1.54, 1.807) is 0 Å². The SMILES string of the molecule is COC(=O)C1OC12CCCC1CC12. The average Bonchev–Trinajstić information content (AvgIpc) is 2.99. The van der Waals surface area contributed by atoms with Gasteiger partial charge in [0.25, 0.3) is 0 Å². The number of rotatable bonds is 1. The van der Waals surface area contributed by atoms with Gasteiger partial charge in [-0.2, -0.15) is 0 Å². The van der Waals surface area contributed by atoms with Crippen molar-refractivity contribution in [2.75, 3.05) is 7.11 Å². The Morgan fingerprint density at radius 2 is 2.46 bits per heavy atom. The van der Waals surface area contributed by atoms with Gasteiger partial charge in [-0.1, -0.05) is 6.42 Å². The molecule has 1 heterocycles. The molecule has 3 rings (SSSR count). The third kappa shape index (κ3) is 0.909. The van der Waals surface area contributed by atoms with Gasteiger partial charge in [0.2, 0.25) is 0 Å². The molecule has 1 aliphatic heterocycles. The summed E-state index contributed by atoms with van der Waals surface area (Å²) in [5, 5.41) is 0. The summed E-state index contributed by atoms with van der Waals surface area (Å²) in [5.41, 5.74) is -0.0734. The number of carbonyl (C=O) groups is 1. The number of hydrogen-bond donors (Lipinski definition) is 0. The summed E-state index contributed by atoms with van der Waals surface area (Å²) in [6.45, 7) is 0. The molecule has 13 heavy (non-hydrogen) atoms. The van der Waals surface area contributed by atoms with Crippen molar-refractivity contribution in [1.29, 1.82) is 0 Å². The number of methoxy groups -OCH3 is 1. The van der Waals surface area contributed by atoms with Gasteiger partial charge in [-0.15, -0.1) is 0 Å². The van der Waals surface area contributed by atoms with Crippen molar-refractivity contribution < 1.29 is 14.3 Å². The van der Waals surface area contributed by atoms with Crippen molar-refractivity contribution in [1.82, 2.24) is 0 Å². The molecule has 0 aromatic carbocycles. The Kier molecular flexibility index (Phi) is 1.36. The molecule has 4 atom stereocenters. The minimum atomic E-state index is -0.229. The Balaban J connectivity index is 1.75. The number of carbonyl (C=O) groups excluding carboxylic acids is 1. The highest BCUT2D eigenvalue weighted by Gasteiger charge is 2.72. The molecule has 1 spiro atoms. The molecule has 2 aliphatic carbocycles. The zero-order valence-corrected chi connectivity index (χ0v) is 7.79. The van der Waals surface area contributed by atoms with E-state index in [1.165, 1.54) is 26.4 Å². The van der Waals surface area contributed by atoms with Crippen LogP contribution in [0.4, 0.5) is 0 Å². The molecule has 0 radical (unpaired) electrons. The minimum Gasteiger partial charge on any atom is -0.467 e. The first-order chi connectivity index (χ1) is 6.28. The van der Waals surface area contributed by atoms with Crippen LogP contribution in [-0.4, -0.2) is 24.8 Å². The van der Waals surface area contributed by atoms with Crippen LogP contribution in [0.15, 0.2) is 0 Å². The van der Waals surface area contributed by atoms with Gasteiger partial charge in [-0.25, -0.2) is 4.79 Å². The molecule has 0 amide bonds. The molecule has 2 saturated carbocycles. The normalized spacial score (nSPS) is 51.3. The highest BCUT2D eigenvalue weighted by Crippen LogP contribution is 2.64. The zero-order chi connectivity index (χ0) is 9.05. The molecule has 0 N–H and O–H groups in total. The first kappa shape index (κ1) is 7.80. The smallest absolute Gasteiger partial charge is 0.338 e. The lowest BCUT2D eigenvalue weighted by Crippen LogP contribution is -2.27. The number of esters is 1. The highest BCUT2D eigenvalue weighted by molar-refractivity contribution is 5.79. The molecule has 3 heteroatoms. The van der Waals surface area contributed by atoms with Crippen LogP contribution in [-0.2, 0) is 14.3 Å². The molecule has 3 nitrogen and oxygen atoms in total. The largest absolute Gasteiger partial charge is 0.467 e. The van der Waals surface area contributed by atoms with Crippen LogP contribution in [0.5, 0.6) is 0 Å². The number of epoxide rings is 1. The van der Waals surface area contributed by atoms with Crippen LogP contribution < -0.4 is 0 Å². The Morgan fingerprint density at radius 3 is 3.23 bits per heavy atom. The maximum Gasteiger partial charge on any atom is 0.338 e. The van der Waals surface area contributed by atoms with Gasteiger partial charge in [0.05, 0.1) is 7.11 Å². The van der Waals surface area contributed by atoms with E-state index in [9.17, 15) is 4.79 Å². The lowest BCUT2D eigenvalue weighted by molar-refractivity contribution is -0.142. The first-order valence-electron chi connectivity index (χ1n) is 5.03. The van der Waals surface area contributed by atoms with Gasteiger partial charge in [0, 0.05) is 0 Å². The maximum absolute atomic E-state index is 11.3. The summed E-state index contributed by atoms with van der Waals surface area (Å²) in [4.78, 5) is 11.3. The fraction of sp³-hybridized carbons (Fsp3) is 0.900. The Bertz CT molecular complexity index is 263. The van der Waals surface area contributed by atoms with Crippen molar-refractivity contribution in [3.05, 3.63) is 0 Å². The van der Waals surface area contributed by atoms with E-state index in [1.807, 2.05) is 0 Å². The zero-order valence-electron chi connectivity index (χ0n) is 7.79. The predicted octanol–water partition coefficient (Wildman–Crippen LogP) is 1.12. The van der Waals surface area contributed by atoms with Crippen molar-refractivity contribution in [2.24, 2.45) is 11.8 Å². The van der Waals surface area contributed by atoms with Crippen LogP contribution in [0, 0.1) is 11.8 Å². The minimum absolute atomic E-state index is 0.0734. The van der Waals surface area contributed by atoms with Gasteiger partial charge in [0.15, 0.2) is 6.10 Å². The predicted molar refractivity (Wildman–Crippen MR) is 45.1 cm³/mol. The van der Waals surface area contributed by atoms with Crippen LogP contribution in [0.3, 0.4) is 0 Å². The van der Waals surface area contributed by atoms with Crippen molar-refractivity contribution >= 4 is 5.97 Å². The van der Waals surface area contributed by atoms with E-state index in [0.717, 1.165) is 12.3 Å². The lowest BCUT2D eigenvalue weighted by Gasteiger charge is -2.17. The molecule has 0 bridgehead atoms. The third-order valence-electron chi connectivity index (χ3n) is 3.83. The fourth-order valence-electron chi connectivity index (χ4n) is 3.00. The summed E-state index contributed by atoms with van der Waals surface area (Å²) in [5.74, 6) is 1.35. The van der Waals surface area contributed by atoms with E-state index >= 15 is 0 Å². The number of hydrogen-bond acceptors (Lipinski definition) is 3. The standard InChI is InChI=1S/C10H14O3/c1-12-9(11)8-10(13-8)4-2-3-6-5-7(6)10/h6-8H,2-5H2,1H3. The Labute approximate surface area is 77.4 Å². The van der Waals surface area contributed by atoms with Gasteiger partial charge in [0.1, 0.15) is 5.60 Å². The van der Waals surface area contributed by atoms with Crippen LogP contribution in [0.1, 0.15) is 25.7 Å². The summed E-state index contributed by atoms with van der Waals surface area (Å²) in [6, 6.07) is 0. The second-order valence-corrected chi connectivity index (χ2v) is 4.47. The fourth-order valence-corrected chi connectivity index (χ4v) is 3.00. The van der Waals surface area contributed by atoms with E-state index in [0.29, 0.717) is 5.92 Å². The first-order valence-corrected chi connectivity index (χ1v) is 5.03. The van der Waals surface area contributed by atoms with Crippen LogP contribution >= 0.6 is 0 Å². The molecule has 0 aromatic heterocycles. The summed E-state index contributed by atoms with van der Waals surface area (Å²) in [6.07, 6.45) is 4.66.